The van der Waals surface area contributed by atoms with Gasteiger partial charge in [0.25, 0.3) is 0 Å². The molecule has 0 bridgehead atoms. The fourth-order valence-electron chi connectivity index (χ4n) is 1.88. The Balaban J connectivity index is 1.93. The molecule has 2 atom stereocenters. The fourth-order valence-corrected chi connectivity index (χ4v) is 2.76. The number of carboxylic acid groups (broad SMARTS) is 1. The number of nitrogens with one attached hydrogen (secondary N) is 1. The van der Waals surface area contributed by atoms with Gasteiger partial charge in [-0.05, 0) is 31.2 Å². The predicted molar refractivity (Wildman–Crippen MR) is 75.6 cm³/mol. The molecule has 2 aromatic heterocycles. The van der Waals surface area contributed by atoms with E-state index in [9.17, 15) is 15.0 Å². The number of aliphatic hydroxyl groups excluding tert-OH is 1. The van der Waals surface area contributed by atoms with Gasteiger partial charge in [0.15, 0.2) is 0 Å². The number of aliphatic hydroxyl groups is 1. The maximum Gasteiger partial charge on any atom is 0.320 e. The summed E-state index contributed by atoms with van der Waals surface area (Å²) >= 11 is 1.48. The topological polar surface area (TPSA) is 82.7 Å². The average Bonchev–Trinajstić information content (AvgIpc) is 3.04. The molecule has 3 N–H and O–H groups in total. The summed E-state index contributed by atoms with van der Waals surface area (Å²) in [6.45, 7) is 2.27. The zero-order valence-corrected chi connectivity index (χ0v) is 11.9. The third-order valence-electron chi connectivity index (χ3n) is 2.95. The van der Waals surface area contributed by atoms with Gasteiger partial charge >= 0.3 is 5.97 Å². The normalized spacial score (nSPS) is 14.1. The number of carbonyl (C=O) groups is 1. The SMILES string of the molecule is Cc1ccc([C@H](O)C[C@H](NCc2ccco2)C(=O)O)s1. The Morgan fingerprint density at radius 3 is 2.80 bits per heavy atom. The minimum atomic E-state index is -0.983. The predicted octanol–water partition coefficient (Wildman–Crippen LogP) is 2.32. The Morgan fingerprint density at radius 2 is 2.25 bits per heavy atom. The van der Waals surface area contributed by atoms with Gasteiger partial charge in [-0.1, -0.05) is 0 Å². The Labute approximate surface area is 120 Å². The van der Waals surface area contributed by atoms with E-state index in [0.29, 0.717) is 12.3 Å². The highest BCUT2D eigenvalue weighted by Crippen LogP contribution is 2.26. The smallest absolute Gasteiger partial charge is 0.320 e. The minimum absolute atomic E-state index is 0.121. The van der Waals surface area contributed by atoms with Gasteiger partial charge in [-0.25, -0.2) is 0 Å². The van der Waals surface area contributed by atoms with Crippen LogP contribution in [0.4, 0.5) is 0 Å². The first kappa shape index (κ1) is 14.8. The van der Waals surface area contributed by atoms with Crippen LogP contribution in [0.3, 0.4) is 0 Å². The van der Waals surface area contributed by atoms with Crippen molar-refractivity contribution >= 4 is 17.3 Å². The summed E-state index contributed by atoms with van der Waals surface area (Å²) in [5, 5.41) is 22.2. The molecule has 0 radical (unpaired) electrons. The zero-order chi connectivity index (χ0) is 14.5. The number of thiophene rings is 1. The van der Waals surface area contributed by atoms with Gasteiger partial charge in [-0.2, -0.15) is 0 Å². The highest BCUT2D eigenvalue weighted by molar-refractivity contribution is 7.12. The quantitative estimate of drug-likeness (QED) is 0.730. The average molecular weight is 295 g/mol. The molecule has 0 fully saturated rings. The van der Waals surface area contributed by atoms with E-state index < -0.39 is 18.1 Å². The molecule has 2 aromatic rings. The molecule has 0 saturated carbocycles. The number of aliphatic carboxylic acids is 1. The molecular weight excluding hydrogens is 278 g/mol. The first-order valence-electron chi connectivity index (χ1n) is 6.29. The van der Waals surface area contributed by atoms with Crippen molar-refractivity contribution in [1.29, 1.82) is 0 Å². The van der Waals surface area contributed by atoms with E-state index >= 15 is 0 Å². The molecule has 6 heteroatoms. The summed E-state index contributed by atoms with van der Waals surface area (Å²) in [6.07, 6.45) is 0.880. The molecule has 0 aliphatic rings. The molecule has 108 valence electrons. The summed E-state index contributed by atoms with van der Waals surface area (Å²) in [7, 11) is 0. The summed E-state index contributed by atoms with van der Waals surface area (Å²) < 4.78 is 5.14. The second kappa shape index (κ2) is 6.69. The second-order valence-electron chi connectivity index (χ2n) is 4.55. The van der Waals surface area contributed by atoms with Crippen LogP contribution in [-0.4, -0.2) is 22.2 Å². The first-order chi connectivity index (χ1) is 9.56. The van der Waals surface area contributed by atoms with Gasteiger partial charge in [0.1, 0.15) is 11.8 Å². The number of aryl methyl sites for hydroxylation is 1. The van der Waals surface area contributed by atoms with E-state index in [0.717, 1.165) is 9.75 Å². The fraction of sp³-hybridized carbons (Fsp3) is 0.357. The highest BCUT2D eigenvalue weighted by atomic mass is 32.1. The van der Waals surface area contributed by atoms with E-state index in [1.807, 2.05) is 19.1 Å². The van der Waals surface area contributed by atoms with Crippen molar-refractivity contribution in [2.24, 2.45) is 0 Å². The highest BCUT2D eigenvalue weighted by Gasteiger charge is 2.23. The standard InChI is InChI=1S/C14H17NO4S/c1-9-4-5-13(20-9)12(16)7-11(14(17)18)15-8-10-3-2-6-19-10/h2-6,11-12,15-16H,7-8H2,1H3,(H,17,18)/t11-,12+/m0/s1. The van der Waals surface area contributed by atoms with Crippen molar-refractivity contribution in [3.8, 4) is 0 Å². The van der Waals surface area contributed by atoms with Crippen LogP contribution in [0.2, 0.25) is 0 Å². The molecular formula is C14H17NO4S. The number of hydrogen-bond acceptors (Lipinski definition) is 5. The Bertz CT molecular complexity index is 549. The summed E-state index contributed by atoms with van der Waals surface area (Å²) in [5.41, 5.74) is 0. The molecule has 2 heterocycles. The van der Waals surface area contributed by atoms with Crippen LogP contribution in [-0.2, 0) is 11.3 Å². The molecule has 20 heavy (non-hydrogen) atoms. The maximum atomic E-state index is 11.2. The van der Waals surface area contributed by atoms with E-state index in [4.69, 9.17) is 4.42 Å². The summed E-state index contributed by atoms with van der Waals surface area (Å²) in [5.74, 6) is -0.318. The van der Waals surface area contributed by atoms with Gasteiger partial charge < -0.3 is 14.6 Å². The van der Waals surface area contributed by atoms with Gasteiger partial charge in [0.2, 0.25) is 0 Å². The molecule has 0 aromatic carbocycles. The summed E-state index contributed by atoms with van der Waals surface area (Å²) in [4.78, 5) is 13.1. The van der Waals surface area contributed by atoms with Crippen LogP contribution >= 0.6 is 11.3 Å². The van der Waals surface area contributed by atoms with Crippen LogP contribution in [0.15, 0.2) is 34.9 Å². The monoisotopic (exact) mass is 295 g/mol. The Hall–Kier alpha value is -1.63. The molecule has 0 spiro atoms. The third-order valence-corrected chi connectivity index (χ3v) is 4.05. The van der Waals surface area contributed by atoms with Gasteiger partial charge in [-0.15, -0.1) is 11.3 Å². The summed E-state index contributed by atoms with van der Waals surface area (Å²) in [6, 6.07) is 6.43. The van der Waals surface area contributed by atoms with Crippen molar-refractivity contribution in [3.05, 3.63) is 46.0 Å². The van der Waals surface area contributed by atoms with Crippen molar-refractivity contribution in [1.82, 2.24) is 5.32 Å². The number of carboxylic acids is 1. The molecule has 2 rings (SSSR count). The van der Waals surface area contributed by atoms with Crippen LogP contribution in [0.5, 0.6) is 0 Å². The molecule has 0 unspecified atom stereocenters. The number of hydrogen-bond donors (Lipinski definition) is 3. The number of furan rings is 1. The lowest BCUT2D eigenvalue weighted by Crippen LogP contribution is -2.37. The van der Waals surface area contributed by atoms with E-state index in [1.54, 1.807) is 12.1 Å². The van der Waals surface area contributed by atoms with Crippen LogP contribution < -0.4 is 5.32 Å². The van der Waals surface area contributed by atoms with Crippen LogP contribution in [0, 0.1) is 6.92 Å². The number of rotatable bonds is 7. The lowest BCUT2D eigenvalue weighted by atomic mass is 10.1. The van der Waals surface area contributed by atoms with E-state index in [1.165, 1.54) is 17.6 Å². The van der Waals surface area contributed by atoms with Crippen molar-refractivity contribution in [2.45, 2.75) is 32.0 Å². The second-order valence-corrected chi connectivity index (χ2v) is 5.87. The van der Waals surface area contributed by atoms with Crippen molar-refractivity contribution in [2.75, 3.05) is 0 Å². The van der Waals surface area contributed by atoms with Crippen LogP contribution in [0.25, 0.3) is 0 Å². The van der Waals surface area contributed by atoms with Gasteiger partial charge in [-0.3, -0.25) is 10.1 Å². The van der Waals surface area contributed by atoms with Crippen LogP contribution in [0.1, 0.15) is 28.0 Å². The minimum Gasteiger partial charge on any atom is -0.480 e. The molecule has 0 saturated heterocycles. The van der Waals surface area contributed by atoms with Gasteiger partial charge in [0, 0.05) is 16.2 Å². The largest absolute Gasteiger partial charge is 0.480 e. The Morgan fingerprint density at radius 1 is 1.45 bits per heavy atom. The van der Waals surface area contributed by atoms with Crippen molar-refractivity contribution in [3.63, 3.8) is 0 Å². The molecule has 0 amide bonds. The molecule has 0 aliphatic heterocycles. The van der Waals surface area contributed by atoms with Crippen molar-refractivity contribution < 1.29 is 19.4 Å². The molecule has 5 nitrogen and oxygen atoms in total. The third kappa shape index (κ3) is 3.93. The van der Waals surface area contributed by atoms with E-state index in [-0.39, 0.29) is 6.42 Å². The lowest BCUT2D eigenvalue weighted by Gasteiger charge is -2.17. The zero-order valence-electron chi connectivity index (χ0n) is 11.1. The van der Waals surface area contributed by atoms with E-state index in [2.05, 4.69) is 5.32 Å². The maximum absolute atomic E-state index is 11.2. The molecule has 0 aliphatic carbocycles. The Kier molecular flexibility index (Phi) is 4.94. The van der Waals surface area contributed by atoms with Gasteiger partial charge in [0.05, 0.1) is 18.9 Å². The lowest BCUT2D eigenvalue weighted by molar-refractivity contribution is -0.140. The first-order valence-corrected chi connectivity index (χ1v) is 7.11.